The molecule has 1 amide bonds. The lowest BCUT2D eigenvalue weighted by atomic mass is 9.99. The van der Waals surface area contributed by atoms with E-state index in [0.717, 1.165) is 23.1 Å². The summed E-state index contributed by atoms with van der Waals surface area (Å²) in [5.74, 6) is -2.39. The molecule has 1 aromatic heterocycles. The maximum absolute atomic E-state index is 13.2. The lowest BCUT2D eigenvalue weighted by Gasteiger charge is -2.24. The fraction of sp³-hybridized carbons (Fsp3) is 0.0909. The third-order valence-corrected chi connectivity index (χ3v) is 4.76. The van der Waals surface area contributed by atoms with E-state index in [4.69, 9.17) is 4.42 Å². The summed E-state index contributed by atoms with van der Waals surface area (Å²) in [7, 11) is 0. The zero-order valence-electron chi connectivity index (χ0n) is 15.3. The number of aliphatic hydroxyl groups is 1. The minimum atomic E-state index is -4.63. The number of hydrogen-bond donors (Lipinski definition) is 1. The standard InChI is InChI=1S/C22H14F3NO4/c23-22(24,25)14-8-4-9-15(12-14)26-18(16-10-5-11-30-16)17(20(28)21(26)29)19(27)13-6-2-1-3-7-13/h1-12,18,27H/b19-17-. The Balaban J connectivity index is 1.92. The van der Waals surface area contributed by atoms with Crippen molar-refractivity contribution >= 4 is 23.1 Å². The summed E-state index contributed by atoms with van der Waals surface area (Å²) in [6, 6.07) is 13.9. The zero-order valence-corrected chi connectivity index (χ0v) is 15.3. The van der Waals surface area contributed by atoms with Crippen molar-refractivity contribution in [3.05, 3.63) is 95.5 Å². The number of anilines is 1. The number of hydrogen-bond acceptors (Lipinski definition) is 4. The molecule has 1 saturated heterocycles. The van der Waals surface area contributed by atoms with Gasteiger partial charge in [-0.25, -0.2) is 0 Å². The molecule has 0 radical (unpaired) electrons. The van der Waals surface area contributed by atoms with Crippen LogP contribution in [-0.2, 0) is 15.8 Å². The van der Waals surface area contributed by atoms with Crippen LogP contribution in [0.4, 0.5) is 18.9 Å². The van der Waals surface area contributed by atoms with E-state index < -0.39 is 35.2 Å². The van der Waals surface area contributed by atoms with Gasteiger partial charge in [-0.15, -0.1) is 0 Å². The van der Waals surface area contributed by atoms with E-state index in [1.165, 1.54) is 24.5 Å². The molecule has 1 atom stereocenters. The van der Waals surface area contributed by atoms with Crippen LogP contribution in [0.1, 0.15) is 22.9 Å². The minimum absolute atomic E-state index is 0.129. The number of amides is 1. The number of aliphatic hydroxyl groups excluding tert-OH is 1. The molecule has 1 fully saturated rings. The third-order valence-electron chi connectivity index (χ3n) is 4.76. The Kier molecular flexibility index (Phi) is 4.69. The highest BCUT2D eigenvalue weighted by Gasteiger charge is 2.48. The minimum Gasteiger partial charge on any atom is -0.507 e. The molecular weight excluding hydrogens is 399 g/mol. The third kappa shape index (κ3) is 3.26. The lowest BCUT2D eigenvalue weighted by Crippen LogP contribution is -2.29. The molecule has 1 N–H and O–H groups in total. The number of benzene rings is 2. The Bertz CT molecular complexity index is 1130. The fourth-order valence-corrected chi connectivity index (χ4v) is 3.40. The molecule has 0 aliphatic carbocycles. The molecule has 1 aliphatic rings. The van der Waals surface area contributed by atoms with Gasteiger partial charge in [-0.1, -0.05) is 36.4 Å². The molecule has 2 aromatic carbocycles. The first-order valence-electron chi connectivity index (χ1n) is 8.86. The van der Waals surface area contributed by atoms with Crippen LogP contribution in [0.15, 0.2) is 83.0 Å². The summed E-state index contributed by atoms with van der Waals surface area (Å²) >= 11 is 0. The van der Waals surface area contributed by atoms with Crippen molar-refractivity contribution in [1.29, 1.82) is 0 Å². The SMILES string of the molecule is O=C1C(=O)N(c2cccc(C(F)(F)F)c2)C(c2ccco2)/C1=C(/O)c1ccccc1. The van der Waals surface area contributed by atoms with Crippen molar-refractivity contribution in [2.45, 2.75) is 12.2 Å². The number of furan rings is 1. The quantitative estimate of drug-likeness (QED) is 0.376. The highest BCUT2D eigenvalue weighted by molar-refractivity contribution is 6.51. The maximum Gasteiger partial charge on any atom is 0.416 e. The van der Waals surface area contributed by atoms with Crippen LogP contribution in [0.5, 0.6) is 0 Å². The van der Waals surface area contributed by atoms with Gasteiger partial charge in [0.15, 0.2) is 0 Å². The molecule has 5 nitrogen and oxygen atoms in total. The van der Waals surface area contributed by atoms with Gasteiger partial charge in [0.05, 0.1) is 17.4 Å². The van der Waals surface area contributed by atoms with Gasteiger partial charge >= 0.3 is 6.18 Å². The summed E-state index contributed by atoms with van der Waals surface area (Å²) < 4.78 is 44.9. The van der Waals surface area contributed by atoms with E-state index in [1.807, 2.05) is 0 Å². The number of rotatable bonds is 3. The second kappa shape index (κ2) is 7.22. The van der Waals surface area contributed by atoms with E-state index >= 15 is 0 Å². The van der Waals surface area contributed by atoms with E-state index in [9.17, 15) is 27.9 Å². The van der Waals surface area contributed by atoms with Crippen molar-refractivity contribution < 1.29 is 32.3 Å². The van der Waals surface area contributed by atoms with Crippen LogP contribution in [0.2, 0.25) is 0 Å². The van der Waals surface area contributed by atoms with Crippen LogP contribution in [0, 0.1) is 0 Å². The number of Topliss-reactive ketones (excluding diaryl/α,β-unsaturated/α-hetero) is 1. The highest BCUT2D eigenvalue weighted by atomic mass is 19.4. The van der Waals surface area contributed by atoms with Crippen LogP contribution in [-0.4, -0.2) is 16.8 Å². The van der Waals surface area contributed by atoms with Gasteiger partial charge in [-0.2, -0.15) is 13.2 Å². The number of halogens is 3. The Hall–Kier alpha value is -3.81. The molecule has 30 heavy (non-hydrogen) atoms. The van der Waals surface area contributed by atoms with E-state index in [1.54, 1.807) is 30.3 Å². The Labute approximate surface area is 168 Å². The van der Waals surface area contributed by atoms with Gasteiger partial charge in [-0.05, 0) is 30.3 Å². The molecule has 152 valence electrons. The summed E-state index contributed by atoms with van der Waals surface area (Å²) in [6.07, 6.45) is -3.32. The Morgan fingerprint density at radius 1 is 0.967 bits per heavy atom. The second-order valence-corrected chi connectivity index (χ2v) is 6.60. The van der Waals surface area contributed by atoms with Crippen molar-refractivity contribution in [3.8, 4) is 0 Å². The Morgan fingerprint density at radius 3 is 2.33 bits per heavy atom. The lowest BCUT2D eigenvalue weighted by molar-refractivity contribution is -0.137. The predicted molar refractivity (Wildman–Crippen MR) is 101 cm³/mol. The number of ketones is 1. The molecule has 1 unspecified atom stereocenters. The molecule has 4 rings (SSSR count). The van der Waals surface area contributed by atoms with Crippen LogP contribution in [0.3, 0.4) is 0 Å². The summed E-state index contributed by atoms with van der Waals surface area (Å²) in [6.45, 7) is 0. The summed E-state index contributed by atoms with van der Waals surface area (Å²) in [4.78, 5) is 26.6. The topological polar surface area (TPSA) is 70.8 Å². The number of alkyl halides is 3. The van der Waals surface area contributed by atoms with Crippen LogP contribution in [0.25, 0.3) is 5.76 Å². The molecule has 0 spiro atoms. The maximum atomic E-state index is 13.2. The van der Waals surface area contributed by atoms with Gasteiger partial charge in [0.1, 0.15) is 17.6 Å². The fourth-order valence-electron chi connectivity index (χ4n) is 3.40. The smallest absolute Gasteiger partial charge is 0.416 e. The average Bonchev–Trinajstić information content (AvgIpc) is 3.35. The van der Waals surface area contributed by atoms with Gasteiger partial charge in [0.2, 0.25) is 0 Å². The van der Waals surface area contributed by atoms with Crippen LogP contribution < -0.4 is 4.90 Å². The molecule has 8 heteroatoms. The van der Waals surface area contributed by atoms with Crippen molar-refractivity contribution in [3.63, 3.8) is 0 Å². The van der Waals surface area contributed by atoms with E-state index in [2.05, 4.69) is 0 Å². The number of nitrogens with zero attached hydrogens (tertiary/aromatic N) is 1. The second-order valence-electron chi connectivity index (χ2n) is 6.60. The first kappa shape index (κ1) is 19.5. The van der Waals surface area contributed by atoms with Crippen LogP contribution >= 0.6 is 0 Å². The molecule has 2 heterocycles. The van der Waals surface area contributed by atoms with Crippen molar-refractivity contribution in [1.82, 2.24) is 0 Å². The number of carbonyl (C=O) groups is 2. The monoisotopic (exact) mass is 413 g/mol. The van der Waals surface area contributed by atoms with Crippen molar-refractivity contribution in [2.75, 3.05) is 4.90 Å². The van der Waals surface area contributed by atoms with Gasteiger partial charge < -0.3 is 9.52 Å². The first-order chi connectivity index (χ1) is 14.3. The highest BCUT2D eigenvalue weighted by Crippen LogP contribution is 2.43. The first-order valence-corrected chi connectivity index (χ1v) is 8.86. The summed E-state index contributed by atoms with van der Waals surface area (Å²) in [5, 5.41) is 10.8. The number of carbonyl (C=O) groups excluding carboxylic acids is 2. The average molecular weight is 413 g/mol. The predicted octanol–water partition coefficient (Wildman–Crippen LogP) is 4.92. The molecule has 1 aliphatic heterocycles. The molecule has 3 aromatic rings. The van der Waals surface area contributed by atoms with Gasteiger partial charge in [-0.3, -0.25) is 14.5 Å². The van der Waals surface area contributed by atoms with Gasteiger partial charge in [0.25, 0.3) is 11.7 Å². The largest absolute Gasteiger partial charge is 0.507 e. The molecular formula is C22H14F3NO4. The van der Waals surface area contributed by atoms with E-state index in [-0.39, 0.29) is 22.6 Å². The van der Waals surface area contributed by atoms with Crippen molar-refractivity contribution in [2.24, 2.45) is 0 Å². The van der Waals surface area contributed by atoms with Gasteiger partial charge in [0, 0.05) is 11.3 Å². The normalized spacial score (nSPS) is 18.8. The molecule has 0 saturated carbocycles. The Morgan fingerprint density at radius 2 is 1.70 bits per heavy atom. The van der Waals surface area contributed by atoms with E-state index in [0.29, 0.717) is 0 Å². The zero-order chi connectivity index (χ0) is 21.5. The summed E-state index contributed by atoms with van der Waals surface area (Å²) in [5.41, 5.74) is -1.08. The molecule has 0 bridgehead atoms.